The van der Waals surface area contributed by atoms with Gasteiger partial charge in [0.15, 0.2) is 0 Å². The molecule has 1 N–H and O–H groups in total. The number of carbonyl (C=O) groups is 3. The van der Waals surface area contributed by atoms with Gasteiger partial charge in [-0.15, -0.1) is 13.2 Å². The zero-order valence-electron chi connectivity index (χ0n) is 22.6. The molecular weight excluding hydrogens is 458 g/mol. The molecule has 3 aliphatic heterocycles. The van der Waals surface area contributed by atoms with Crippen molar-refractivity contribution in [2.24, 2.45) is 17.8 Å². The third-order valence-electron chi connectivity index (χ3n) is 8.59. The largest absolute Gasteiger partial charge is 0.396 e. The first-order valence-corrected chi connectivity index (χ1v) is 13.5. The third kappa shape index (κ3) is 4.62. The van der Waals surface area contributed by atoms with Gasteiger partial charge < -0.3 is 24.5 Å². The molecule has 0 aromatic rings. The highest BCUT2D eigenvalue weighted by Crippen LogP contribution is 2.65. The maximum absolute atomic E-state index is 14.2. The van der Waals surface area contributed by atoms with Crippen LogP contribution in [0.15, 0.2) is 25.3 Å². The number of aliphatic hydroxyl groups excluding tert-OH is 1. The van der Waals surface area contributed by atoms with Crippen LogP contribution in [0.3, 0.4) is 0 Å². The van der Waals surface area contributed by atoms with E-state index in [2.05, 4.69) is 27.0 Å². The minimum Gasteiger partial charge on any atom is -0.396 e. The summed E-state index contributed by atoms with van der Waals surface area (Å²) in [5.74, 6) is -1.81. The highest BCUT2D eigenvalue weighted by Gasteiger charge is 2.80. The fourth-order valence-corrected chi connectivity index (χ4v) is 6.72. The molecule has 0 saturated carbocycles. The molecule has 2 bridgehead atoms. The highest BCUT2D eigenvalue weighted by atomic mass is 16.5. The molecule has 3 fully saturated rings. The van der Waals surface area contributed by atoms with Gasteiger partial charge in [-0.3, -0.25) is 14.4 Å². The second-order valence-electron chi connectivity index (χ2n) is 11.0. The number of hydrogen-bond donors (Lipinski definition) is 1. The standard InChI is InChI=1S/C28H45N3O5/c1-7-10-11-16-30(15-9-3)26(35)23-28-19-20(4)27(5,36-28)21(24(33)29(6)14-8-2)22(28)25(34)31(23)17-12-13-18-32/h8-9,20-23,32H,2-3,7,10-19H2,1,4-6H3/t20?,21-,22-,23?,27+,28?/m0/s1. The van der Waals surface area contributed by atoms with Crippen molar-refractivity contribution in [2.45, 2.75) is 76.5 Å². The minimum atomic E-state index is -1.04. The molecule has 8 nitrogen and oxygen atoms in total. The van der Waals surface area contributed by atoms with Crippen LogP contribution < -0.4 is 0 Å². The molecule has 3 unspecified atom stereocenters. The van der Waals surface area contributed by atoms with Gasteiger partial charge in [0.2, 0.25) is 17.7 Å². The predicted molar refractivity (Wildman–Crippen MR) is 139 cm³/mol. The summed E-state index contributed by atoms with van der Waals surface area (Å²) in [5, 5.41) is 9.35. The van der Waals surface area contributed by atoms with Gasteiger partial charge in [0, 0.05) is 39.8 Å². The van der Waals surface area contributed by atoms with Gasteiger partial charge in [-0.05, 0) is 38.5 Å². The number of ether oxygens (including phenoxy) is 1. The topological polar surface area (TPSA) is 90.4 Å². The average Bonchev–Trinajstić information content (AvgIpc) is 3.35. The van der Waals surface area contributed by atoms with Crippen LogP contribution >= 0.6 is 0 Å². The molecule has 6 atom stereocenters. The second-order valence-corrected chi connectivity index (χ2v) is 11.0. The summed E-state index contributed by atoms with van der Waals surface area (Å²) in [6.07, 6.45) is 7.98. The number of fused-ring (bicyclic) bond motifs is 1. The Kier molecular flexibility index (Phi) is 9.04. The van der Waals surface area contributed by atoms with Crippen molar-refractivity contribution >= 4 is 17.7 Å². The van der Waals surface area contributed by atoms with Gasteiger partial charge in [-0.1, -0.05) is 38.8 Å². The van der Waals surface area contributed by atoms with Gasteiger partial charge in [-0.25, -0.2) is 0 Å². The van der Waals surface area contributed by atoms with Crippen LogP contribution in [0.1, 0.15) is 59.3 Å². The summed E-state index contributed by atoms with van der Waals surface area (Å²) >= 11 is 0. The number of rotatable bonds is 14. The molecular formula is C28H45N3O5. The van der Waals surface area contributed by atoms with Gasteiger partial charge in [0.25, 0.3) is 0 Å². The molecule has 1 spiro atoms. The van der Waals surface area contributed by atoms with E-state index in [0.29, 0.717) is 45.4 Å². The van der Waals surface area contributed by atoms with Crippen molar-refractivity contribution in [3.63, 3.8) is 0 Å². The Labute approximate surface area is 216 Å². The molecule has 8 heteroatoms. The summed E-state index contributed by atoms with van der Waals surface area (Å²) in [6, 6.07) is -0.790. The molecule has 3 rings (SSSR count). The first-order valence-electron chi connectivity index (χ1n) is 13.5. The van der Waals surface area contributed by atoms with Crippen LogP contribution in [0, 0.1) is 17.8 Å². The second kappa shape index (κ2) is 11.5. The third-order valence-corrected chi connectivity index (χ3v) is 8.59. The Balaban J connectivity index is 2.05. The summed E-state index contributed by atoms with van der Waals surface area (Å²) < 4.78 is 6.78. The molecule has 3 aliphatic rings. The van der Waals surface area contributed by atoms with Gasteiger partial charge in [-0.2, -0.15) is 0 Å². The van der Waals surface area contributed by atoms with Crippen molar-refractivity contribution in [1.29, 1.82) is 0 Å². The number of amides is 3. The maximum Gasteiger partial charge on any atom is 0.248 e. The Morgan fingerprint density at radius 2 is 1.86 bits per heavy atom. The summed E-state index contributed by atoms with van der Waals surface area (Å²) in [4.78, 5) is 47.0. The van der Waals surface area contributed by atoms with E-state index in [4.69, 9.17) is 4.74 Å². The van der Waals surface area contributed by atoms with Crippen LogP contribution in [0.25, 0.3) is 0 Å². The first-order chi connectivity index (χ1) is 17.1. The Hall–Kier alpha value is -2.19. The number of likely N-dealkylation sites (tertiary alicyclic amines) is 1. The monoisotopic (exact) mass is 503 g/mol. The minimum absolute atomic E-state index is 0.00766. The first kappa shape index (κ1) is 28.4. The highest BCUT2D eigenvalue weighted by molar-refractivity contribution is 5.99. The number of carbonyl (C=O) groups excluding carboxylic acids is 3. The summed E-state index contributed by atoms with van der Waals surface area (Å²) in [6.45, 7) is 15.4. The van der Waals surface area contributed by atoms with Gasteiger partial charge >= 0.3 is 0 Å². The van der Waals surface area contributed by atoms with Crippen LogP contribution in [0.2, 0.25) is 0 Å². The van der Waals surface area contributed by atoms with Crippen LogP contribution in [0.5, 0.6) is 0 Å². The Morgan fingerprint density at radius 1 is 1.17 bits per heavy atom. The molecule has 3 amide bonds. The molecule has 36 heavy (non-hydrogen) atoms. The van der Waals surface area contributed by atoms with Crippen molar-refractivity contribution < 1.29 is 24.2 Å². The fraction of sp³-hybridized carbons (Fsp3) is 0.750. The lowest BCUT2D eigenvalue weighted by Gasteiger charge is -2.38. The Morgan fingerprint density at radius 3 is 2.47 bits per heavy atom. The lowest BCUT2D eigenvalue weighted by atomic mass is 9.62. The van der Waals surface area contributed by atoms with E-state index < -0.39 is 29.1 Å². The summed E-state index contributed by atoms with van der Waals surface area (Å²) in [7, 11) is 1.72. The van der Waals surface area contributed by atoms with E-state index in [1.807, 2.05) is 6.92 Å². The number of nitrogens with zero attached hydrogens (tertiary/aromatic N) is 3. The molecule has 0 radical (unpaired) electrons. The number of unbranched alkanes of at least 4 members (excludes halogenated alkanes) is 3. The van der Waals surface area contributed by atoms with Crippen LogP contribution in [0.4, 0.5) is 0 Å². The zero-order chi connectivity index (χ0) is 26.7. The van der Waals surface area contributed by atoms with Crippen LogP contribution in [-0.4, -0.2) is 94.6 Å². The Bertz CT molecular complexity index is 862. The quantitative estimate of drug-likeness (QED) is 0.291. The van der Waals surface area contributed by atoms with E-state index in [9.17, 15) is 19.5 Å². The number of hydrogen-bond acceptors (Lipinski definition) is 5. The zero-order valence-corrected chi connectivity index (χ0v) is 22.6. The smallest absolute Gasteiger partial charge is 0.248 e. The van der Waals surface area contributed by atoms with E-state index in [1.54, 1.807) is 33.9 Å². The van der Waals surface area contributed by atoms with Crippen molar-refractivity contribution in [3.8, 4) is 0 Å². The van der Waals surface area contributed by atoms with E-state index >= 15 is 0 Å². The molecule has 3 saturated heterocycles. The van der Waals surface area contributed by atoms with Gasteiger partial charge in [0.05, 0.1) is 17.4 Å². The van der Waals surface area contributed by atoms with E-state index in [1.165, 1.54) is 0 Å². The number of likely N-dealkylation sites (N-methyl/N-ethyl adjacent to an activating group) is 1. The van der Waals surface area contributed by atoms with Crippen LogP contribution in [-0.2, 0) is 19.1 Å². The fourth-order valence-electron chi connectivity index (χ4n) is 6.72. The normalized spacial score (nSPS) is 32.5. The number of aliphatic hydroxyl groups is 1. The van der Waals surface area contributed by atoms with Crippen molar-refractivity contribution in [2.75, 3.05) is 39.8 Å². The van der Waals surface area contributed by atoms with Crippen molar-refractivity contribution in [1.82, 2.24) is 14.7 Å². The summed E-state index contributed by atoms with van der Waals surface area (Å²) in [5.41, 5.74) is -1.87. The molecule has 0 aromatic carbocycles. The molecule has 3 heterocycles. The SMILES string of the molecule is C=CCN(C)C(=O)[C@@H]1[C@H]2C(=O)N(CCCCO)C(C(=O)N(CC=C)CCCCC)C23CC(C)[C@@]1(C)O3. The maximum atomic E-state index is 14.2. The molecule has 202 valence electrons. The lowest BCUT2D eigenvalue weighted by Crippen LogP contribution is -2.57. The molecule has 0 aliphatic carbocycles. The van der Waals surface area contributed by atoms with Gasteiger partial charge in [0.1, 0.15) is 11.6 Å². The van der Waals surface area contributed by atoms with E-state index in [0.717, 1.165) is 19.3 Å². The predicted octanol–water partition coefficient (Wildman–Crippen LogP) is 2.62. The van der Waals surface area contributed by atoms with E-state index in [-0.39, 0.29) is 30.2 Å². The van der Waals surface area contributed by atoms with Crippen molar-refractivity contribution in [3.05, 3.63) is 25.3 Å². The average molecular weight is 504 g/mol. The lowest BCUT2D eigenvalue weighted by molar-refractivity contribution is -0.154. The molecule has 0 aromatic heterocycles.